The van der Waals surface area contributed by atoms with E-state index < -0.39 is 0 Å². The monoisotopic (exact) mass is 234 g/mol. The number of hydrogen-bond donors (Lipinski definition) is 0. The maximum atomic E-state index is 2.55. The van der Waals surface area contributed by atoms with Crippen molar-refractivity contribution in [2.24, 2.45) is 41.4 Å². The normalized spacial score (nSPS) is 50.1. The Morgan fingerprint density at radius 2 is 1.35 bits per heavy atom. The Morgan fingerprint density at radius 1 is 0.765 bits per heavy atom. The van der Waals surface area contributed by atoms with E-state index in [-0.39, 0.29) is 0 Å². The summed E-state index contributed by atoms with van der Waals surface area (Å²) in [7, 11) is 0. The lowest BCUT2D eigenvalue weighted by Crippen LogP contribution is -2.32. The van der Waals surface area contributed by atoms with Gasteiger partial charge in [0, 0.05) is 0 Å². The van der Waals surface area contributed by atoms with E-state index in [1.165, 1.54) is 12.8 Å². The fourth-order valence-electron chi connectivity index (χ4n) is 5.54. The van der Waals surface area contributed by atoms with Gasteiger partial charge >= 0.3 is 0 Å². The molecule has 0 radical (unpaired) electrons. The molecule has 0 aromatic rings. The molecular weight excluding hydrogens is 204 g/mol. The first-order valence-corrected chi connectivity index (χ1v) is 8.15. The molecule has 0 aliphatic heterocycles. The number of hydrogen-bond acceptors (Lipinski definition) is 0. The molecule has 0 spiro atoms. The van der Waals surface area contributed by atoms with Crippen LogP contribution in [-0.4, -0.2) is 0 Å². The molecule has 3 saturated carbocycles. The Hall–Kier alpha value is 0. The average molecular weight is 234 g/mol. The second-order valence-corrected chi connectivity index (χ2v) is 7.80. The number of fused-ring (bicyclic) bond motifs is 3. The Kier molecular flexibility index (Phi) is 3.26. The van der Waals surface area contributed by atoms with Crippen LogP contribution in [0.3, 0.4) is 0 Å². The van der Waals surface area contributed by atoms with Crippen LogP contribution in [0, 0.1) is 41.4 Å². The van der Waals surface area contributed by atoms with Crippen molar-refractivity contribution >= 4 is 0 Å². The molecule has 0 aromatic carbocycles. The van der Waals surface area contributed by atoms with Gasteiger partial charge in [0.2, 0.25) is 0 Å². The van der Waals surface area contributed by atoms with Gasteiger partial charge in [-0.05, 0) is 67.1 Å². The zero-order chi connectivity index (χ0) is 12.0. The van der Waals surface area contributed by atoms with Crippen LogP contribution in [0.2, 0.25) is 0 Å². The van der Waals surface area contributed by atoms with Crippen LogP contribution in [0.4, 0.5) is 0 Å². The minimum absolute atomic E-state index is 0.918. The molecule has 3 aliphatic rings. The molecule has 3 fully saturated rings. The molecule has 3 aliphatic carbocycles. The summed E-state index contributed by atoms with van der Waals surface area (Å²) in [6.07, 6.45) is 11.0. The predicted octanol–water partition coefficient (Wildman–Crippen LogP) is 5.13. The molecule has 3 rings (SSSR count). The molecule has 98 valence electrons. The molecule has 0 N–H and O–H groups in total. The number of rotatable bonds is 1. The topological polar surface area (TPSA) is 0 Å². The van der Waals surface area contributed by atoms with E-state index in [1.54, 1.807) is 32.1 Å². The smallest absolute Gasteiger partial charge is 0.0360 e. The average Bonchev–Trinajstić information content (AvgIpc) is 2.63. The first-order chi connectivity index (χ1) is 8.15. The molecule has 0 aromatic heterocycles. The molecule has 6 unspecified atom stereocenters. The van der Waals surface area contributed by atoms with E-state index in [1.807, 2.05) is 0 Å². The summed E-state index contributed by atoms with van der Waals surface area (Å²) in [5, 5.41) is 0. The standard InChI is InChI=1S/C17H30/c1-11(2)17-7-12(3)15-8-13-5-4-6-14(13)9-16(17)10-15/h11-17H,4-10H2,1-3H3. The molecule has 2 bridgehead atoms. The Balaban J connectivity index is 1.80. The van der Waals surface area contributed by atoms with Gasteiger partial charge in [0.25, 0.3) is 0 Å². The Morgan fingerprint density at radius 3 is 2.00 bits per heavy atom. The van der Waals surface area contributed by atoms with Crippen molar-refractivity contribution in [2.75, 3.05) is 0 Å². The van der Waals surface area contributed by atoms with Crippen molar-refractivity contribution in [2.45, 2.75) is 65.7 Å². The summed E-state index contributed by atoms with van der Waals surface area (Å²) in [4.78, 5) is 0. The zero-order valence-corrected chi connectivity index (χ0v) is 12.0. The highest BCUT2D eigenvalue weighted by molar-refractivity contribution is 4.93. The minimum atomic E-state index is 0.918. The van der Waals surface area contributed by atoms with Crippen LogP contribution < -0.4 is 0 Å². The predicted molar refractivity (Wildman–Crippen MR) is 73.8 cm³/mol. The van der Waals surface area contributed by atoms with E-state index >= 15 is 0 Å². The maximum Gasteiger partial charge on any atom is -0.0360 e. The summed E-state index contributed by atoms with van der Waals surface area (Å²) in [5.74, 6) is 7.39. The highest BCUT2D eigenvalue weighted by atomic mass is 14.5. The summed E-state index contributed by atoms with van der Waals surface area (Å²) in [6.45, 7) is 7.48. The SMILES string of the molecule is CC(C)C1CC(C)C2CC3CCCC3CC1C2. The Bertz CT molecular complexity index is 267. The van der Waals surface area contributed by atoms with Crippen LogP contribution in [-0.2, 0) is 0 Å². The third-order valence-corrected chi connectivity index (χ3v) is 6.54. The van der Waals surface area contributed by atoms with Crippen molar-refractivity contribution < 1.29 is 0 Å². The van der Waals surface area contributed by atoms with E-state index in [0.29, 0.717) is 0 Å². The van der Waals surface area contributed by atoms with Gasteiger partial charge in [0.1, 0.15) is 0 Å². The van der Waals surface area contributed by atoms with Crippen LogP contribution in [0.5, 0.6) is 0 Å². The summed E-state index contributed by atoms with van der Waals surface area (Å²) >= 11 is 0. The van der Waals surface area contributed by atoms with Crippen molar-refractivity contribution in [3.05, 3.63) is 0 Å². The van der Waals surface area contributed by atoms with Gasteiger partial charge in [0.15, 0.2) is 0 Å². The summed E-state index contributed by atoms with van der Waals surface area (Å²) in [5.41, 5.74) is 0. The van der Waals surface area contributed by atoms with Crippen LogP contribution >= 0.6 is 0 Å². The van der Waals surface area contributed by atoms with E-state index in [4.69, 9.17) is 0 Å². The van der Waals surface area contributed by atoms with Gasteiger partial charge in [-0.25, -0.2) is 0 Å². The highest BCUT2D eigenvalue weighted by Crippen LogP contribution is 2.53. The molecule has 17 heavy (non-hydrogen) atoms. The first kappa shape index (κ1) is 12.1. The molecule has 0 amide bonds. The van der Waals surface area contributed by atoms with E-state index in [0.717, 1.165) is 41.4 Å². The molecule has 6 atom stereocenters. The van der Waals surface area contributed by atoms with Gasteiger partial charge in [-0.2, -0.15) is 0 Å². The van der Waals surface area contributed by atoms with E-state index in [9.17, 15) is 0 Å². The fraction of sp³-hybridized carbons (Fsp3) is 1.00. The van der Waals surface area contributed by atoms with E-state index in [2.05, 4.69) is 20.8 Å². The molecule has 0 heteroatoms. The molecule has 0 nitrogen and oxygen atoms in total. The van der Waals surface area contributed by atoms with Crippen molar-refractivity contribution in [3.63, 3.8) is 0 Å². The van der Waals surface area contributed by atoms with Gasteiger partial charge < -0.3 is 0 Å². The lowest BCUT2D eigenvalue weighted by atomic mass is 9.64. The second kappa shape index (κ2) is 4.59. The first-order valence-electron chi connectivity index (χ1n) is 8.15. The lowest BCUT2D eigenvalue weighted by Gasteiger charge is -2.41. The van der Waals surface area contributed by atoms with Crippen molar-refractivity contribution in [1.82, 2.24) is 0 Å². The minimum Gasteiger partial charge on any atom is -0.0625 e. The van der Waals surface area contributed by atoms with Crippen LogP contribution in [0.25, 0.3) is 0 Å². The maximum absolute atomic E-state index is 2.55. The van der Waals surface area contributed by atoms with Gasteiger partial charge in [-0.1, -0.05) is 40.0 Å². The quantitative estimate of drug-likeness (QED) is 0.590. The molecule has 0 saturated heterocycles. The fourth-order valence-corrected chi connectivity index (χ4v) is 5.54. The third kappa shape index (κ3) is 2.17. The van der Waals surface area contributed by atoms with Gasteiger partial charge in [-0.15, -0.1) is 0 Å². The van der Waals surface area contributed by atoms with Crippen LogP contribution in [0.1, 0.15) is 65.7 Å². The van der Waals surface area contributed by atoms with Gasteiger partial charge in [0.05, 0.1) is 0 Å². The van der Waals surface area contributed by atoms with Crippen molar-refractivity contribution in [1.29, 1.82) is 0 Å². The molecular formula is C17H30. The highest BCUT2D eigenvalue weighted by Gasteiger charge is 2.43. The molecule has 0 heterocycles. The van der Waals surface area contributed by atoms with Crippen molar-refractivity contribution in [3.8, 4) is 0 Å². The third-order valence-electron chi connectivity index (χ3n) is 6.54. The van der Waals surface area contributed by atoms with Crippen LogP contribution in [0.15, 0.2) is 0 Å². The van der Waals surface area contributed by atoms with Gasteiger partial charge in [-0.3, -0.25) is 0 Å². The summed E-state index contributed by atoms with van der Waals surface area (Å²) in [6, 6.07) is 0. The second-order valence-electron chi connectivity index (χ2n) is 7.80. The lowest BCUT2D eigenvalue weighted by molar-refractivity contribution is 0.0879. The zero-order valence-electron chi connectivity index (χ0n) is 12.0. The largest absolute Gasteiger partial charge is 0.0625 e. The Labute approximate surface area is 108 Å². The summed E-state index contributed by atoms with van der Waals surface area (Å²) < 4.78 is 0.